The van der Waals surface area contributed by atoms with Crippen molar-refractivity contribution in [2.45, 2.75) is 5.16 Å². The Hall–Kier alpha value is -3.01. The highest BCUT2D eigenvalue weighted by molar-refractivity contribution is 9.10. The van der Waals surface area contributed by atoms with Crippen LogP contribution in [0.2, 0.25) is 0 Å². The van der Waals surface area contributed by atoms with Crippen LogP contribution in [0.25, 0.3) is 17.1 Å². The van der Waals surface area contributed by atoms with E-state index in [4.69, 9.17) is 27.7 Å². The lowest BCUT2D eigenvalue weighted by molar-refractivity contribution is 0.415. The molecular formula is C23H18BrN5OS2. The lowest BCUT2D eigenvalue weighted by atomic mass is 10.2. The maximum Gasteiger partial charge on any atom is 0.208 e. The average molecular weight is 524 g/mol. The van der Waals surface area contributed by atoms with Crippen molar-refractivity contribution in [2.24, 2.45) is 10.7 Å². The second kappa shape index (κ2) is 10.1. The molecule has 0 fully saturated rings. The summed E-state index contributed by atoms with van der Waals surface area (Å²) in [7, 11) is 1.62. The van der Waals surface area contributed by atoms with Crippen LogP contribution in [0.5, 0.6) is 5.75 Å². The third-order valence-electron chi connectivity index (χ3n) is 4.41. The molecule has 9 heteroatoms. The molecule has 4 aromatic rings. The molecule has 0 spiro atoms. The molecule has 0 saturated heterocycles. The number of thioether (sulfide) groups is 1. The van der Waals surface area contributed by atoms with Gasteiger partial charge in [0.05, 0.1) is 18.5 Å². The van der Waals surface area contributed by atoms with E-state index in [-0.39, 0.29) is 0 Å². The van der Waals surface area contributed by atoms with Crippen molar-refractivity contribution < 1.29 is 4.74 Å². The number of nitrogens with two attached hydrogens (primary N) is 1. The van der Waals surface area contributed by atoms with Crippen LogP contribution in [0.1, 0.15) is 0 Å². The Bertz CT molecular complexity index is 1310. The van der Waals surface area contributed by atoms with Gasteiger partial charge in [-0.05, 0) is 72.5 Å². The Balaban J connectivity index is 1.78. The van der Waals surface area contributed by atoms with E-state index in [1.54, 1.807) is 11.7 Å². The number of halogens is 1. The van der Waals surface area contributed by atoms with Gasteiger partial charge in [-0.3, -0.25) is 4.57 Å². The van der Waals surface area contributed by atoms with E-state index in [1.807, 2.05) is 78.9 Å². The summed E-state index contributed by atoms with van der Waals surface area (Å²) in [6.07, 6.45) is 0. The molecule has 1 heterocycles. The molecular weight excluding hydrogens is 506 g/mol. The lowest BCUT2D eigenvalue weighted by Gasteiger charge is -2.14. The van der Waals surface area contributed by atoms with Crippen molar-refractivity contribution in [1.82, 2.24) is 14.5 Å². The fraction of sp³-hybridized carbons (Fsp3) is 0.0435. The molecule has 1 aromatic heterocycles. The fourth-order valence-electron chi connectivity index (χ4n) is 2.88. The summed E-state index contributed by atoms with van der Waals surface area (Å²) in [6, 6.07) is 24.8. The lowest BCUT2D eigenvalue weighted by Crippen LogP contribution is -2.12. The molecule has 32 heavy (non-hydrogen) atoms. The minimum absolute atomic E-state index is 0.327. The van der Waals surface area contributed by atoms with Crippen LogP contribution in [-0.4, -0.2) is 26.8 Å². The number of aliphatic imine (C=N–C) groups is 1. The van der Waals surface area contributed by atoms with Crippen molar-refractivity contribution in [3.63, 3.8) is 0 Å². The summed E-state index contributed by atoms with van der Waals surface area (Å²) in [6.45, 7) is 0. The molecule has 0 aliphatic carbocycles. The Morgan fingerprint density at radius 3 is 2.34 bits per heavy atom. The number of hydrogen-bond acceptors (Lipinski definition) is 6. The van der Waals surface area contributed by atoms with Crippen molar-refractivity contribution in [3.05, 3.63) is 88.1 Å². The topological polar surface area (TPSA) is 78.3 Å². The number of aromatic nitrogens is 3. The van der Waals surface area contributed by atoms with Crippen molar-refractivity contribution in [1.29, 1.82) is 0 Å². The number of benzene rings is 3. The van der Waals surface area contributed by atoms with Gasteiger partial charge in [0, 0.05) is 10.0 Å². The highest BCUT2D eigenvalue weighted by atomic mass is 79.9. The Morgan fingerprint density at radius 1 is 1.00 bits per heavy atom. The highest BCUT2D eigenvalue weighted by Gasteiger charge is 2.14. The second-order valence-corrected chi connectivity index (χ2v) is 8.81. The second-order valence-electron chi connectivity index (χ2n) is 6.54. The summed E-state index contributed by atoms with van der Waals surface area (Å²) < 4.78 is 8.32. The Labute approximate surface area is 203 Å². The number of nitrogens with zero attached hydrogens (tertiary/aromatic N) is 4. The smallest absolute Gasteiger partial charge is 0.208 e. The maximum atomic E-state index is 6.28. The van der Waals surface area contributed by atoms with Crippen molar-refractivity contribution in [3.8, 4) is 22.8 Å². The molecule has 0 amide bonds. The minimum atomic E-state index is 0.327. The van der Waals surface area contributed by atoms with Crippen LogP contribution in [0, 0.1) is 4.77 Å². The summed E-state index contributed by atoms with van der Waals surface area (Å²) in [5.74, 6) is 1.28. The standard InChI is InChI=1S/C23H18BrN5OS2/c1-30-19-13-9-17(10-14-19)26-21(25)32-23-28-20(15-5-3-2-4-6-15)27-22(31)29(23)18-11-7-16(24)8-12-18/h2-14H,1H3,(H2,25,26). The van der Waals surface area contributed by atoms with E-state index in [1.165, 1.54) is 11.8 Å². The van der Waals surface area contributed by atoms with Crippen LogP contribution < -0.4 is 10.5 Å². The van der Waals surface area contributed by atoms with Gasteiger partial charge in [0.1, 0.15) is 5.75 Å². The average Bonchev–Trinajstić information content (AvgIpc) is 2.81. The molecule has 3 aromatic carbocycles. The third-order valence-corrected chi connectivity index (χ3v) is 5.97. The number of ether oxygens (including phenoxy) is 1. The molecule has 0 radical (unpaired) electrons. The Kier molecular flexibility index (Phi) is 6.99. The molecule has 0 bridgehead atoms. The molecule has 0 aliphatic heterocycles. The summed E-state index contributed by atoms with van der Waals surface area (Å²) in [5.41, 5.74) is 8.70. The first-order valence-corrected chi connectivity index (χ1v) is 11.5. The van der Waals surface area contributed by atoms with Crippen LogP contribution in [-0.2, 0) is 0 Å². The Morgan fingerprint density at radius 2 is 1.69 bits per heavy atom. The van der Waals surface area contributed by atoms with E-state index < -0.39 is 0 Å². The minimum Gasteiger partial charge on any atom is -0.497 e. The zero-order valence-electron chi connectivity index (χ0n) is 17.0. The molecule has 0 unspecified atom stereocenters. The molecule has 4 rings (SSSR count). The largest absolute Gasteiger partial charge is 0.497 e. The van der Waals surface area contributed by atoms with Gasteiger partial charge in [0.25, 0.3) is 0 Å². The number of rotatable bonds is 5. The first-order valence-electron chi connectivity index (χ1n) is 9.52. The highest BCUT2D eigenvalue weighted by Crippen LogP contribution is 2.26. The van der Waals surface area contributed by atoms with Gasteiger partial charge in [0.2, 0.25) is 4.77 Å². The first kappa shape index (κ1) is 22.2. The van der Waals surface area contributed by atoms with E-state index in [0.717, 1.165) is 21.5 Å². The van der Waals surface area contributed by atoms with Crippen LogP contribution in [0.4, 0.5) is 5.69 Å². The molecule has 2 N–H and O–H groups in total. The normalized spacial score (nSPS) is 11.4. The van der Waals surface area contributed by atoms with Crippen LogP contribution in [0.3, 0.4) is 0 Å². The summed E-state index contributed by atoms with van der Waals surface area (Å²) in [5, 5.41) is 0.897. The first-order chi connectivity index (χ1) is 15.5. The molecule has 6 nitrogen and oxygen atoms in total. The van der Waals surface area contributed by atoms with E-state index in [0.29, 0.717) is 26.6 Å². The molecule has 0 saturated carbocycles. The molecule has 0 atom stereocenters. The van der Waals surface area contributed by atoms with Gasteiger partial charge < -0.3 is 10.5 Å². The zero-order chi connectivity index (χ0) is 22.5. The molecule has 160 valence electrons. The zero-order valence-corrected chi connectivity index (χ0v) is 20.2. The quantitative estimate of drug-likeness (QED) is 0.146. The van der Waals surface area contributed by atoms with Crippen LogP contribution in [0.15, 0.2) is 93.5 Å². The van der Waals surface area contributed by atoms with E-state index in [9.17, 15) is 0 Å². The van der Waals surface area contributed by atoms with Gasteiger partial charge >= 0.3 is 0 Å². The van der Waals surface area contributed by atoms with Crippen molar-refractivity contribution in [2.75, 3.05) is 7.11 Å². The van der Waals surface area contributed by atoms with Gasteiger partial charge in [0.15, 0.2) is 16.1 Å². The van der Waals surface area contributed by atoms with E-state index >= 15 is 0 Å². The SMILES string of the molecule is COc1ccc(N=C(N)Sc2nc(-c3ccccc3)nc(=S)n2-c2ccc(Br)cc2)cc1. The van der Waals surface area contributed by atoms with Gasteiger partial charge in [-0.1, -0.05) is 46.3 Å². The van der Waals surface area contributed by atoms with Gasteiger partial charge in [-0.2, -0.15) is 4.98 Å². The number of hydrogen-bond donors (Lipinski definition) is 1. The maximum absolute atomic E-state index is 6.28. The fourth-order valence-corrected chi connectivity index (χ4v) is 4.24. The number of methoxy groups -OCH3 is 1. The van der Waals surface area contributed by atoms with Gasteiger partial charge in [-0.25, -0.2) is 9.98 Å². The summed E-state index contributed by atoms with van der Waals surface area (Å²) in [4.78, 5) is 13.8. The third kappa shape index (κ3) is 5.24. The van der Waals surface area contributed by atoms with Gasteiger partial charge in [-0.15, -0.1) is 0 Å². The predicted molar refractivity (Wildman–Crippen MR) is 135 cm³/mol. The predicted octanol–water partition coefficient (Wildman–Crippen LogP) is 6.17. The van der Waals surface area contributed by atoms with Crippen LogP contribution >= 0.6 is 39.9 Å². The summed E-state index contributed by atoms with van der Waals surface area (Å²) >= 11 is 10.3. The number of amidine groups is 1. The monoisotopic (exact) mass is 523 g/mol. The van der Waals surface area contributed by atoms with E-state index in [2.05, 4.69) is 25.9 Å². The van der Waals surface area contributed by atoms with Crippen molar-refractivity contribution >= 4 is 50.8 Å². The molecule has 0 aliphatic rings.